The molecule has 9 heteroatoms. The van der Waals surface area contributed by atoms with Crippen LogP contribution in [0.2, 0.25) is 0 Å². The lowest BCUT2D eigenvalue weighted by molar-refractivity contribution is -0.385. The second-order valence-corrected chi connectivity index (χ2v) is 4.73. The summed E-state index contributed by atoms with van der Waals surface area (Å²) in [4.78, 5) is 10.0. The Morgan fingerprint density at radius 1 is 1.52 bits per heavy atom. The number of aliphatic hydroxyl groups is 1. The van der Waals surface area contributed by atoms with E-state index in [9.17, 15) is 15.2 Å². The fraction of sp³-hybridized carbons (Fsp3) is 0.500. The van der Waals surface area contributed by atoms with Crippen molar-refractivity contribution in [2.45, 2.75) is 19.1 Å². The number of aliphatic hydroxyl groups excluding tert-OH is 1. The van der Waals surface area contributed by atoms with Crippen LogP contribution in [-0.2, 0) is 20.0 Å². The van der Waals surface area contributed by atoms with Crippen molar-refractivity contribution >= 4 is 5.69 Å². The number of aryl methyl sites for hydroxylation is 1. The van der Waals surface area contributed by atoms with Gasteiger partial charge in [0.05, 0.1) is 17.6 Å². The third-order valence-electron chi connectivity index (χ3n) is 3.09. The molecule has 0 bridgehead atoms. The monoisotopic (exact) mass is 294 g/mol. The molecule has 0 fully saturated rings. The highest BCUT2D eigenvalue weighted by atomic mass is 16.6. The van der Waals surface area contributed by atoms with Gasteiger partial charge < -0.3 is 10.4 Å². The van der Waals surface area contributed by atoms with E-state index in [1.165, 1.54) is 17.1 Å². The summed E-state index contributed by atoms with van der Waals surface area (Å²) in [5, 5.41) is 31.4. The average Bonchev–Trinajstić information content (AvgIpc) is 3.04. The second-order valence-electron chi connectivity index (χ2n) is 4.73. The minimum atomic E-state index is -0.656. The Morgan fingerprint density at radius 2 is 2.33 bits per heavy atom. The lowest BCUT2D eigenvalue weighted by Crippen LogP contribution is -2.31. The second kappa shape index (κ2) is 6.95. The highest BCUT2D eigenvalue weighted by Gasteiger charge is 2.11. The minimum absolute atomic E-state index is 0.0774. The zero-order valence-corrected chi connectivity index (χ0v) is 11.7. The van der Waals surface area contributed by atoms with Crippen molar-refractivity contribution in [1.82, 2.24) is 24.9 Å². The van der Waals surface area contributed by atoms with Crippen molar-refractivity contribution in [3.63, 3.8) is 0 Å². The fourth-order valence-electron chi connectivity index (χ4n) is 1.96. The van der Waals surface area contributed by atoms with Gasteiger partial charge in [-0.3, -0.25) is 19.5 Å². The van der Waals surface area contributed by atoms with Gasteiger partial charge in [-0.2, -0.15) is 10.2 Å². The summed E-state index contributed by atoms with van der Waals surface area (Å²) < 4.78 is 3.17. The van der Waals surface area contributed by atoms with E-state index in [1.54, 1.807) is 10.9 Å². The van der Waals surface area contributed by atoms with Gasteiger partial charge in [0, 0.05) is 38.4 Å². The molecule has 2 aromatic rings. The van der Waals surface area contributed by atoms with E-state index in [0.29, 0.717) is 6.54 Å². The molecule has 1 unspecified atom stereocenters. The summed E-state index contributed by atoms with van der Waals surface area (Å²) in [5.74, 6) is 0. The van der Waals surface area contributed by atoms with E-state index in [4.69, 9.17) is 0 Å². The molecule has 0 saturated heterocycles. The van der Waals surface area contributed by atoms with Gasteiger partial charge in [0.1, 0.15) is 12.4 Å². The molecular weight excluding hydrogens is 276 g/mol. The first-order valence-electron chi connectivity index (χ1n) is 6.59. The maximum absolute atomic E-state index is 10.5. The molecule has 0 aromatic carbocycles. The normalized spacial score (nSPS) is 12.5. The lowest BCUT2D eigenvalue weighted by atomic mass is 10.3. The Hall–Kier alpha value is -2.26. The largest absolute Gasteiger partial charge is 0.390 e. The highest BCUT2D eigenvalue weighted by Crippen LogP contribution is 2.07. The van der Waals surface area contributed by atoms with Crippen LogP contribution >= 0.6 is 0 Å². The number of rotatable bonds is 8. The summed E-state index contributed by atoms with van der Waals surface area (Å²) in [6.45, 7) is 1.33. The van der Waals surface area contributed by atoms with E-state index in [-0.39, 0.29) is 12.2 Å². The van der Waals surface area contributed by atoms with Gasteiger partial charge >= 0.3 is 5.69 Å². The highest BCUT2D eigenvalue weighted by molar-refractivity contribution is 5.20. The Balaban J connectivity index is 1.68. The smallest absolute Gasteiger partial charge is 0.306 e. The van der Waals surface area contributed by atoms with Crippen LogP contribution in [0.5, 0.6) is 0 Å². The number of aromatic nitrogens is 4. The Labute approximate surface area is 121 Å². The van der Waals surface area contributed by atoms with E-state index in [1.807, 2.05) is 13.1 Å². The molecule has 0 radical (unpaired) electrons. The van der Waals surface area contributed by atoms with E-state index in [2.05, 4.69) is 15.5 Å². The number of nitrogens with zero attached hydrogens (tertiary/aromatic N) is 5. The van der Waals surface area contributed by atoms with Gasteiger partial charge in [-0.15, -0.1) is 0 Å². The van der Waals surface area contributed by atoms with Crippen LogP contribution in [0.25, 0.3) is 0 Å². The van der Waals surface area contributed by atoms with Crippen molar-refractivity contribution in [3.05, 3.63) is 40.5 Å². The maximum atomic E-state index is 10.5. The molecule has 114 valence electrons. The molecule has 0 aliphatic rings. The Morgan fingerprint density at radius 3 is 2.95 bits per heavy atom. The molecule has 0 spiro atoms. The van der Waals surface area contributed by atoms with Gasteiger partial charge in [-0.05, 0) is 6.07 Å². The first kappa shape index (κ1) is 15.1. The van der Waals surface area contributed by atoms with E-state index >= 15 is 0 Å². The predicted molar refractivity (Wildman–Crippen MR) is 74.7 cm³/mol. The predicted octanol–water partition coefficient (Wildman–Crippen LogP) is -0.282. The average molecular weight is 294 g/mol. The van der Waals surface area contributed by atoms with Gasteiger partial charge in [-0.25, -0.2) is 0 Å². The Kier molecular flexibility index (Phi) is 5.01. The zero-order valence-electron chi connectivity index (χ0n) is 11.7. The summed E-state index contributed by atoms with van der Waals surface area (Å²) >= 11 is 0. The van der Waals surface area contributed by atoms with Crippen LogP contribution in [0.3, 0.4) is 0 Å². The van der Waals surface area contributed by atoms with Crippen LogP contribution in [0.4, 0.5) is 5.69 Å². The van der Waals surface area contributed by atoms with Crippen LogP contribution in [0.1, 0.15) is 5.69 Å². The summed E-state index contributed by atoms with van der Waals surface area (Å²) in [5.41, 5.74) is 1.03. The summed E-state index contributed by atoms with van der Waals surface area (Å²) in [6, 6.07) is 1.95. The molecule has 1 atom stereocenters. The van der Waals surface area contributed by atoms with Gasteiger partial charge in [0.25, 0.3) is 0 Å². The van der Waals surface area contributed by atoms with Crippen molar-refractivity contribution in [2.75, 3.05) is 13.1 Å². The minimum Gasteiger partial charge on any atom is -0.390 e. The number of hydrogen-bond acceptors (Lipinski definition) is 6. The van der Waals surface area contributed by atoms with Crippen LogP contribution in [-0.4, -0.2) is 48.8 Å². The third-order valence-corrected chi connectivity index (χ3v) is 3.09. The van der Waals surface area contributed by atoms with Crippen LogP contribution < -0.4 is 5.32 Å². The van der Waals surface area contributed by atoms with Crippen molar-refractivity contribution in [1.29, 1.82) is 0 Å². The molecule has 0 saturated carbocycles. The van der Waals surface area contributed by atoms with Crippen molar-refractivity contribution < 1.29 is 10.0 Å². The quantitative estimate of drug-likeness (QED) is 0.393. The zero-order chi connectivity index (χ0) is 15.2. The first-order chi connectivity index (χ1) is 10.1. The SMILES string of the molecule is Cn1nccc1CCNCC(O)Cn1cc([N+](=O)[O-])cn1. The number of nitrogens with one attached hydrogen (secondary N) is 1. The van der Waals surface area contributed by atoms with Crippen molar-refractivity contribution in [3.8, 4) is 0 Å². The van der Waals surface area contributed by atoms with Gasteiger partial charge in [0.15, 0.2) is 0 Å². The third kappa shape index (κ3) is 4.36. The number of hydrogen-bond donors (Lipinski definition) is 2. The lowest BCUT2D eigenvalue weighted by Gasteiger charge is -2.11. The van der Waals surface area contributed by atoms with Crippen LogP contribution in [0, 0.1) is 10.1 Å². The molecule has 0 aliphatic carbocycles. The molecule has 21 heavy (non-hydrogen) atoms. The molecule has 0 amide bonds. The molecule has 0 aliphatic heterocycles. The Bertz CT molecular complexity index is 593. The maximum Gasteiger partial charge on any atom is 0.306 e. The molecule has 2 aromatic heterocycles. The number of nitro groups is 1. The molecule has 2 heterocycles. The standard InChI is InChI=1S/C12H18N6O3/c1-16-10(3-5-14-16)2-4-13-7-12(19)9-17-8-11(6-15-17)18(20)21/h3,5-6,8,12-13,19H,2,4,7,9H2,1H3. The molecule has 2 N–H and O–H groups in total. The van der Waals surface area contributed by atoms with E-state index < -0.39 is 11.0 Å². The summed E-state index contributed by atoms with van der Waals surface area (Å²) in [6.07, 6.45) is 4.38. The fourth-order valence-corrected chi connectivity index (χ4v) is 1.96. The molecular formula is C12H18N6O3. The summed E-state index contributed by atoms with van der Waals surface area (Å²) in [7, 11) is 1.88. The van der Waals surface area contributed by atoms with Gasteiger partial charge in [0.2, 0.25) is 0 Å². The molecule has 9 nitrogen and oxygen atoms in total. The molecule has 2 rings (SSSR count). The van der Waals surface area contributed by atoms with Gasteiger partial charge in [-0.1, -0.05) is 0 Å². The van der Waals surface area contributed by atoms with Crippen molar-refractivity contribution in [2.24, 2.45) is 7.05 Å². The topological polar surface area (TPSA) is 111 Å². The van der Waals surface area contributed by atoms with Crippen LogP contribution in [0.15, 0.2) is 24.7 Å². The first-order valence-corrected chi connectivity index (χ1v) is 6.59. The van der Waals surface area contributed by atoms with E-state index in [0.717, 1.165) is 18.7 Å².